The highest BCUT2D eigenvalue weighted by Crippen LogP contribution is 2.32. The molecule has 0 saturated heterocycles. The van der Waals surface area contributed by atoms with Crippen LogP contribution in [0.4, 0.5) is 11.4 Å². The lowest BCUT2D eigenvalue weighted by Crippen LogP contribution is -2.38. The van der Waals surface area contributed by atoms with Crippen molar-refractivity contribution in [1.82, 2.24) is 4.90 Å². The van der Waals surface area contributed by atoms with Gasteiger partial charge in [0.25, 0.3) is 15.9 Å². The van der Waals surface area contributed by atoms with Gasteiger partial charge in [0, 0.05) is 13.1 Å². The minimum Gasteiger partial charge on any atom is -0.495 e. The van der Waals surface area contributed by atoms with E-state index in [1.54, 1.807) is 71.6 Å². The summed E-state index contributed by atoms with van der Waals surface area (Å²) in [5.41, 5.74) is 0.868. The number of nitrogens with zero attached hydrogens (tertiary/aromatic N) is 2. The van der Waals surface area contributed by atoms with E-state index in [4.69, 9.17) is 4.74 Å². The van der Waals surface area contributed by atoms with Gasteiger partial charge in [-0.1, -0.05) is 42.5 Å². The Morgan fingerprint density at radius 2 is 1.46 bits per heavy atom. The second-order valence-corrected chi connectivity index (χ2v) is 9.43. The Labute approximate surface area is 206 Å². The van der Waals surface area contributed by atoms with Crippen LogP contribution in [0.3, 0.4) is 0 Å². The van der Waals surface area contributed by atoms with Crippen LogP contribution in [0.1, 0.15) is 24.2 Å². The molecule has 35 heavy (non-hydrogen) atoms. The minimum atomic E-state index is -4.10. The number of carbonyl (C=O) groups excluding carboxylic acids is 2. The summed E-state index contributed by atoms with van der Waals surface area (Å²) in [6.45, 7) is 4.28. The number of ether oxygens (including phenoxy) is 1. The first-order chi connectivity index (χ1) is 16.8. The second kappa shape index (κ2) is 11.5. The lowest BCUT2D eigenvalue weighted by atomic mass is 10.1. The van der Waals surface area contributed by atoms with Gasteiger partial charge in [0.1, 0.15) is 12.3 Å². The number of anilines is 2. The van der Waals surface area contributed by atoms with Gasteiger partial charge in [0.05, 0.1) is 28.9 Å². The number of nitrogens with one attached hydrogen (secondary N) is 1. The van der Waals surface area contributed by atoms with Crippen molar-refractivity contribution >= 4 is 33.2 Å². The Kier molecular flexibility index (Phi) is 8.48. The molecule has 0 aliphatic carbocycles. The van der Waals surface area contributed by atoms with Crippen molar-refractivity contribution in [3.63, 3.8) is 0 Å². The number of carbonyl (C=O) groups is 2. The summed E-state index contributed by atoms with van der Waals surface area (Å²) in [5, 5.41) is 2.72. The SMILES string of the molecule is CCN(CC)C(=O)c1ccccc1NC(=O)CN(c1ccccc1OC)S(=O)(=O)c1ccccc1. The zero-order valence-corrected chi connectivity index (χ0v) is 20.8. The van der Waals surface area contributed by atoms with Crippen LogP contribution in [-0.2, 0) is 14.8 Å². The average molecular weight is 496 g/mol. The predicted molar refractivity (Wildman–Crippen MR) is 136 cm³/mol. The van der Waals surface area contributed by atoms with Crippen LogP contribution in [0.2, 0.25) is 0 Å². The van der Waals surface area contributed by atoms with Crippen LogP contribution in [0, 0.1) is 0 Å². The number of para-hydroxylation sites is 3. The molecule has 8 nitrogen and oxygen atoms in total. The van der Waals surface area contributed by atoms with Gasteiger partial charge in [-0.3, -0.25) is 13.9 Å². The molecule has 0 aliphatic heterocycles. The van der Waals surface area contributed by atoms with E-state index in [0.717, 1.165) is 4.31 Å². The molecule has 0 bridgehead atoms. The molecule has 9 heteroatoms. The summed E-state index contributed by atoms with van der Waals surface area (Å²) in [6.07, 6.45) is 0. The maximum atomic E-state index is 13.6. The highest BCUT2D eigenvalue weighted by Gasteiger charge is 2.29. The number of rotatable bonds is 10. The van der Waals surface area contributed by atoms with E-state index in [-0.39, 0.29) is 16.5 Å². The quantitative estimate of drug-likeness (QED) is 0.459. The fourth-order valence-corrected chi connectivity index (χ4v) is 5.09. The van der Waals surface area contributed by atoms with Crippen molar-refractivity contribution in [2.75, 3.05) is 36.4 Å². The Bertz CT molecular complexity index is 1270. The Morgan fingerprint density at radius 1 is 0.857 bits per heavy atom. The smallest absolute Gasteiger partial charge is 0.264 e. The van der Waals surface area contributed by atoms with Crippen LogP contribution >= 0.6 is 0 Å². The van der Waals surface area contributed by atoms with Crippen molar-refractivity contribution < 1.29 is 22.7 Å². The van der Waals surface area contributed by atoms with Gasteiger partial charge in [-0.15, -0.1) is 0 Å². The van der Waals surface area contributed by atoms with Gasteiger partial charge < -0.3 is 15.0 Å². The van der Waals surface area contributed by atoms with Crippen LogP contribution in [-0.4, -0.2) is 51.9 Å². The van der Waals surface area contributed by atoms with Gasteiger partial charge >= 0.3 is 0 Å². The van der Waals surface area contributed by atoms with Crippen LogP contribution in [0.5, 0.6) is 5.75 Å². The van der Waals surface area contributed by atoms with Gasteiger partial charge in [0.15, 0.2) is 0 Å². The molecule has 1 N–H and O–H groups in total. The predicted octanol–water partition coefficient (Wildman–Crippen LogP) is 4.01. The molecule has 0 aliphatic rings. The highest BCUT2D eigenvalue weighted by molar-refractivity contribution is 7.92. The zero-order chi connectivity index (χ0) is 25.4. The molecule has 0 fully saturated rings. The van der Waals surface area contributed by atoms with Crippen molar-refractivity contribution in [3.05, 3.63) is 84.4 Å². The van der Waals surface area contributed by atoms with Crippen molar-refractivity contribution in [1.29, 1.82) is 0 Å². The minimum absolute atomic E-state index is 0.0378. The number of methoxy groups -OCH3 is 1. The van der Waals surface area contributed by atoms with E-state index in [0.29, 0.717) is 30.1 Å². The van der Waals surface area contributed by atoms with Crippen molar-refractivity contribution in [2.45, 2.75) is 18.7 Å². The fraction of sp³-hybridized carbons (Fsp3) is 0.231. The largest absolute Gasteiger partial charge is 0.495 e. The normalized spacial score (nSPS) is 10.9. The maximum absolute atomic E-state index is 13.6. The topological polar surface area (TPSA) is 96.0 Å². The van der Waals surface area contributed by atoms with E-state index < -0.39 is 22.5 Å². The summed E-state index contributed by atoms with van der Waals surface area (Å²) < 4.78 is 33.5. The molecule has 184 valence electrons. The molecule has 0 atom stereocenters. The Morgan fingerprint density at radius 3 is 2.11 bits per heavy atom. The van der Waals surface area contributed by atoms with Gasteiger partial charge in [0.2, 0.25) is 5.91 Å². The van der Waals surface area contributed by atoms with Crippen molar-refractivity contribution in [2.24, 2.45) is 0 Å². The number of hydrogen-bond donors (Lipinski definition) is 1. The first-order valence-corrected chi connectivity index (χ1v) is 12.7. The summed E-state index contributed by atoms with van der Waals surface area (Å²) in [7, 11) is -2.67. The van der Waals surface area contributed by atoms with E-state index >= 15 is 0 Å². The molecule has 0 saturated carbocycles. The van der Waals surface area contributed by atoms with Gasteiger partial charge in [-0.25, -0.2) is 8.42 Å². The van der Waals surface area contributed by atoms with E-state index in [1.807, 2.05) is 13.8 Å². The first kappa shape index (κ1) is 25.8. The third-order valence-electron chi connectivity index (χ3n) is 5.45. The maximum Gasteiger partial charge on any atom is 0.264 e. The first-order valence-electron chi connectivity index (χ1n) is 11.2. The Balaban J connectivity index is 1.97. The zero-order valence-electron chi connectivity index (χ0n) is 20.0. The molecular formula is C26H29N3O5S. The molecular weight excluding hydrogens is 466 g/mol. The molecule has 0 radical (unpaired) electrons. The summed E-state index contributed by atoms with van der Waals surface area (Å²) in [4.78, 5) is 27.8. The lowest BCUT2D eigenvalue weighted by molar-refractivity contribution is -0.114. The second-order valence-electron chi connectivity index (χ2n) is 7.57. The molecule has 0 aromatic heterocycles. The van der Waals surface area contributed by atoms with Gasteiger partial charge in [-0.2, -0.15) is 0 Å². The molecule has 3 aromatic rings. The van der Waals surface area contributed by atoms with E-state index in [2.05, 4.69) is 5.32 Å². The number of sulfonamides is 1. The summed E-state index contributed by atoms with van der Waals surface area (Å²) >= 11 is 0. The average Bonchev–Trinajstić information content (AvgIpc) is 2.88. The number of benzene rings is 3. The van der Waals surface area contributed by atoms with Crippen LogP contribution in [0.15, 0.2) is 83.8 Å². The number of hydrogen-bond acceptors (Lipinski definition) is 5. The third kappa shape index (κ3) is 5.81. The standard InChI is InChI=1S/C26H29N3O5S/c1-4-28(5-2)26(31)21-15-9-10-16-22(21)27-25(30)19-29(23-17-11-12-18-24(23)34-3)35(32,33)20-13-7-6-8-14-20/h6-18H,4-5,19H2,1-3H3,(H,27,30). The number of amides is 2. The molecule has 0 spiro atoms. The lowest BCUT2D eigenvalue weighted by Gasteiger charge is -2.26. The Hall–Kier alpha value is -3.85. The third-order valence-corrected chi connectivity index (χ3v) is 7.23. The monoisotopic (exact) mass is 495 g/mol. The van der Waals surface area contributed by atoms with Crippen LogP contribution in [0.25, 0.3) is 0 Å². The van der Waals surface area contributed by atoms with Crippen molar-refractivity contribution in [3.8, 4) is 5.75 Å². The molecule has 0 heterocycles. The molecule has 2 amide bonds. The molecule has 0 unspecified atom stereocenters. The summed E-state index contributed by atoms with van der Waals surface area (Å²) in [5.74, 6) is -0.517. The molecule has 3 rings (SSSR count). The summed E-state index contributed by atoms with van der Waals surface area (Å²) in [6, 6.07) is 21.1. The molecule has 3 aromatic carbocycles. The van der Waals surface area contributed by atoms with E-state index in [1.165, 1.54) is 19.2 Å². The van der Waals surface area contributed by atoms with Gasteiger partial charge in [-0.05, 0) is 50.2 Å². The van der Waals surface area contributed by atoms with Crippen LogP contribution < -0.4 is 14.4 Å². The fourth-order valence-electron chi connectivity index (χ4n) is 3.64. The van der Waals surface area contributed by atoms with E-state index in [9.17, 15) is 18.0 Å². The highest BCUT2D eigenvalue weighted by atomic mass is 32.2.